The van der Waals surface area contributed by atoms with Crippen LogP contribution in [0.1, 0.15) is 24.6 Å². The molecule has 0 saturated carbocycles. The molecular formula is C15H20FN3O. The van der Waals surface area contributed by atoms with Gasteiger partial charge >= 0.3 is 0 Å². The molecule has 0 amide bonds. The molecule has 20 heavy (non-hydrogen) atoms. The van der Waals surface area contributed by atoms with Gasteiger partial charge in [-0.2, -0.15) is 0 Å². The third-order valence-corrected chi connectivity index (χ3v) is 3.00. The van der Waals surface area contributed by atoms with Gasteiger partial charge in [-0.25, -0.2) is 9.37 Å². The Labute approximate surface area is 118 Å². The van der Waals surface area contributed by atoms with Gasteiger partial charge in [-0.3, -0.25) is 0 Å². The van der Waals surface area contributed by atoms with E-state index in [0.29, 0.717) is 6.54 Å². The van der Waals surface area contributed by atoms with Crippen LogP contribution in [0.15, 0.2) is 30.7 Å². The second-order valence-electron chi connectivity index (χ2n) is 4.68. The van der Waals surface area contributed by atoms with Crippen molar-refractivity contribution in [3.05, 3.63) is 47.8 Å². The van der Waals surface area contributed by atoms with E-state index in [-0.39, 0.29) is 11.6 Å². The number of hydrogen-bond donors (Lipinski definition) is 1. The first kappa shape index (κ1) is 14.5. The fourth-order valence-corrected chi connectivity index (χ4v) is 2.00. The molecule has 0 atom stereocenters. The van der Waals surface area contributed by atoms with Gasteiger partial charge in [0.1, 0.15) is 0 Å². The number of ether oxygens (including phenoxy) is 1. The molecule has 0 radical (unpaired) electrons. The molecule has 1 aromatic carbocycles. The number of halogens is 1. The fourth-order valence-electron chi connectivity index (χ4n) is 2.00. The summed E-state index contributed by atoms with van der Waals surface area (Å²) in [5, 5.41) is 3.30. The molecule has 0 fully saturated rings. The minimum absolute atomic E-state index is 0.267. The first-order valence-electron chi connectivity index (χ1n) is 6.76. The van der Waals surface area contributed by atoms with Gasteiger partial charge in [0.05, 0.1) is 19.1 Å². The van der Waals surface area contributed by atoms with Crippen LogP contribution in [-0.2, 0) is 13.1 Å². The predicted molar refractivity (Wildman–Crippen MR) is 76.3 cm³/mol. The minimum atomic E-state index is -0.338. The highest BCUT2D eigenvalue weighted by molar-refractivity contribution is 5.29. The van der Waals surface area contributed by atoms with Gasteiger partial charge in [0.2, 0.25) is 0 Å². The lowest BCUT2D eigenvalue weighted by Crippen LogP contribution is -2.13. The van der Waals surface area contributed by atoms with E-state index in [9.17, 15) is 4.39 Å². The Morgan fingerprint density at radius 3 is 2.95 bits per heavy atom. The topological polar surface area (TPSA) is 39.1 Å². The molecule has 0 bridgehead atoms. The molecule has 4 nitrogen and oxygen atoms in total. The zero-order chi connectivity index (χ0) is 14.4. The van der Waals surface area contributed by atoms with E-state index in [1.165, 1.54) is 13.2 Å². The van der Waals surface area contributed by atoms with Gasteiger partial charge < -0.3 is 14.6 Å². The normalized spacial score (nSPS) is 10.8. The maximum Gasteiger partial charge on any atom is 0.165 e. The van der Waals surface area contributed by atoms with Crippen LogP contribution in [0.2, 0.25) is 0 Å². The van der Waals surface area contributed by atoms with Gasteiger partial charge in [0.15, 0.2) is 11.6 Å². The molecule has 0 aliphatic heterocycles. The summed E-state index contributed by atoms with van der Waals surface area (Å²) in [5.74, 6) is -0.0706. The van der Waals surface area contributed by atoms with Gasteiger partial charge in [-0.15, -0.1) is 0 Å². The lowest BCUT2D eigenvalue weighted by molar-refractivity contribution is 0.386. The van der Waals surface area contributed by atoms with Crippen LogP contribution in [0, 0.1) is 5.82 Å². The predicted octanol–water partition coefficient (Wildman–Crippen LogP) is 2.58. The maximum atomic E-state index is 13.6. The van der Waals surface area contributed by atoms with Crippen LogP contribution in [-0.4, -0.2) is 23.2 Å². The zero-order valence-electron chi connectivity index (χ0n) is 11.9. The number of imidazole rings is 1. The van der Waals surface area contributed by atoms with Crippen LogP contribution in [0.3, 0.4) is 0 Å². The summed E-state index contributed by atoms with van der Waals surface area (Å²) in [5.41, 5.74) is 1.88. The van der Waals surface area contributed by atoms with Gasteiger partial charge in [0, 0.05) is 19.3 Å². The molecule has 0 aliphatic rings. The standard InChI is InChI=1S/C15H20FN3O/c1-3-6-17-8-13-10-19(11-18-13)9-12-4-5-15(20-2)14(16)7-12/h4-5,7,10-11,17H,3,6,8-9H2,1-2H3. The van der Waals surface area contributed by atoms with Crippen LogP contribution in [0.25, 0.3) is 0 Å². The summed E-state index contributed by atoms with van der Waals surface area (Å²) in [6.07, 6.45) is 4.85. The number of nitrogens with one attached hydrogen (secondary N) is 1. The molecule has 0 aliphatic carbocycles. The average Bonchev–Trinajstić information content (AvgIpc) is 2.87. The van der Waals surface area contributed by atoms with E-state index >= 15 is 0 Å². The average molecular weight is 277 g/mol. The summed E-state index contributed by atoms with van der Waals surface area (Å²) >= 11 is 0. The zero-order valence-corrected chi connectivity index (χ0v) is 11.9. The number of aromatic nitrogens is 2. The molecular weight excluding hydrogens is 257 g/mol. The molecule has 108 valence electrons. The van der Waals surface area contributed by atoms with Crippen molar-refractivity contribution in [3.63, 3.8) is 0 Å². The largest absolute Gasteiger partial charge is 0.494 e. The first-order valence-corrected chi connectivity index (χ1v) is 6.76. The summed E-state index contributed by atoms with van der Waals surface area (Å²) < 4.78 is 20.5. The van der Waals surface area contributed by atoms with Gasteiger partial charge in [-0.1, -0.05) is 13.0 Å². The summed E-state index contributed by atoms with van der Waals surface area (Å²) in [6, 6.07) is 5.00. The Morgan fingerprint density at radius 1 is 1.40 bits per heavy atom. The highest BCUT2D eigenvalue weighted by atomic mass is 19.1. The number of methoxy groups -OCH3 is 1. The van der Waals surface area contributed by atoms with Crippen LogP contribution in [0.4, 0.5) is 4.39 Å². The van der Waals surface area contributed by atoms with Crippen molar-refractivity contribution in [2.24, 2.45) is 0 Å². The first-order chi connectivity index (χ1) is 9.72. The second-order valence-corrected chi connectivity index (χ2v) is 4.68. The quantitative estimate of drug-likeness (QED) is 0.791. The fraction of sp³-hybridized carbons (Fsp3) is 0.400. The van der Waals surface area contributed by atoms with Crippen molar-refractivity contribution >= 4 is 0 Å². The number of nitrogens with zero attached hydrogens (tertiary/aromatic N) is 2. The smallest absolute Gasteiger partial charge is 0.165 e. The van der Waals surface area contributed by atoms with Crippen molar-refractivity contribution in [2.75, 3.05) is 13.7 Å². The van der Waals surface area contributed by atoms with Gasteiger partial charge in [-0.05, 0) is 30.7 Å². The van der Waals surface area contributed by atoms with Crippen molar-refractivity contribution < 1.29 is 9.13 Å². The van der Waals surface area contributed by atoms with Crippen molar-refractivity contribution in [3.8, 4) is 5.75 Å². The van der Waals surface area contributed by atoms with E-state index in [1.54, 1.807) is 12.4 Å². The Balaban J connectivity index is 1.97. The third-order valence-electron chi connectivity index (χ3n) is 3.00. The van der Waals surface area contributed by atoms with Gasteiger partial charge in [0.25, 0.3) is 0 Å². The Hall–Kier alpha value is -1.88. The molecule has 2 rings (SSSR count). The Bertz CT molecular complexity index is 554. The molecule has 5 heteroatoms. The number of benzene rings is 1. The Morgan fingerprint density at radius 2 is 2.25 bits per heavy atom. The van der Waals surface area contributed by atoms with Crippen molar-refractivity contribution in [1.29, 1.82) is 0 Å². The molecule has 1 heterocycles. The molecule has 0 spiro atoms. The van der Waals surface area contributed by atoms with E-state index in [4.69, 9.17) is 4.74 Å². The maximum absolute atomic E-state index is 13.6. The van der Waals surface area contributed by atoms with Crippen LogP contribution < -0.4 is 10.1 Å². The lowest BCUT2D eigenvalue weighted by atomic mass is 10.2. The van der Waals surface area contributed by atoms with E-state index in [0.717, 1.165) is 30.8 Å². The van der Waals surface area contributed by atoms with E-state index in [2.05, 4.69) is 17.2 Å². The number of rotatable bonds is 7. The summed E-state index contributed by atoms with van der Waals surface area (Å²) in [4.78, 5) is 4.32. The van der Waals surface area contributed by atoms with Crippen molar-refractivity contribution in [1.82, 2.24) is 14.9 Å². The second kappa shape index (κ2) is 7.05. The monoisotopic (exact) mass is 277 g/mol. The molecule has 1 N–H and O–H groups in total. The lowest BCUT2D eigenvalue weighted by Gasteiger charge is -2.06. The SMILES string of the molecule is CCCNCc1cn(Cc2ccc(OC)c(F)c2)cn1. The molecule has 0 unspecified atom stereocenters. The van der Waals surface area contributed by atoms with E-state index < -0.39 is 0 Å². The highest BCUT2D eigenvalue weighted by Gasteiger charge is 2.05. The highest BCUT2D eigenvalue weighted by Crippen LogP contribution is 2.18. The van der Waals surface area contributed by atoms with E-state index in [1.807, 2.05) is 16.8 Å². The minimum Gasteiger partial charge on any atom is -0.494 e. The summed E-state index contributed by atoms with van der Waals surface area (Å²) in [6.45, 7) is 4.47. The van der Waals surface area contributed by atoms with Crippen molar-refractivity contribution in [2.45, 2.75) is 26.4 Å². The summed E-state index contributed by atoms with van der Waals surface area (Å²) in [7, 11) is 1.46. The number of hydrogen-bond acceptors (Lipinski definition) is 3. The molecule has 1 aromatic heterocycles. The van der Waals surface area contributed by atoms with Crippen LogP contribution >= 0.6 is 0 Å². The third kappa shape index (κ3) is 3.81. The Kier molecular flexibility index (Phi) is 5.12. The molecule has 2 aromatic rings. The van der Waals surface area contributed by atoms with Crippen LogP contribution in [0.5, 0.6) is 5.75 Å². The molecule has 0 saturated heterocycles.